The summed E-state index contributed by atoms with van der Waals surface area (Å²) in [4.78, 5) is 78.3. The number of aromatic nitrogens is 5. The second-order valence-electron chi connectivity index (χ2n) is 17.6. The van der Waals surface area contributed by atoms with E-state index in [2.05, 4.69) is 57.0 Å². The molecule has 4 N–H and O–H groups in total. The van der Waals surface area contributed by atoms with Gasteiger partial charge in [0.2, 0.25) is 11.8 Å². The molecule has 326 valence electrons. The first-order chi connectivity index (χ1) is 30.3. The molecule has 15 nitrogen and oxygen atoms in total. The Morgan fingerprint density at radius 3 is 1.76 bits per heavy atom. The van der Waals surface area contributed by atoms with Crippen LogP contribution in [0, 0.1) is 11.8 Å². The fourth-order valence-electron chi connectivity index (χ4n) is 10.5. The lowest BCUT2D eigenvalue weighted by molar-refractivity contribution is -0.136. The minimum atomic E-state index is -0.624. The van der Waals surface area contributed by atoms with Crippen LogP contribution in [0.1, 0.15) is 114 Å². The van der Waals surface area contributed by atoms with Gasteiger partial charge in [0.25, 0.3) is 0 Å². The molecule has 15 heteroatoms. The SMILES string of the molecule is COC(=O)NC(C(=O)N1CCCC1c1ncc(-c2ccc3cc(-c4ccc5[nH]c(C6CCCN6C(=O)C(NC(=O)OC)C6CCCCC6)nc5n4)ccc3c2)[nH]1)C1CCCCC1. The fraction of sp³-hybridized carbons (Fsp3) is 0.511. The van der Waals surface area contributed by atoms with E-state index in [9.17, 15) is 19.2 Å². The molecular formula is C47H57N9O6. The van der Waals surface area contributed by atoms with Gasteiger partial charge in [-0.3, -0.25) is 9.59 Å². The van der Waals surface area contributed by atoms with E-state index in [-0.39, 0.29) is 35.7 Å². The first-order valence-corrected chi connectivity index (χ1v) is 22.5. The molecule has 0 spiro atoms. The van der Waals surface area contributed by atoms with E-state index >= 15 is 0 Å². The molecule has 0 bridgehead atoms. The summed E-state index contributed by atoms with van der Waals surface area (Å²) in [5.41, 5.74) is 5.00. The second-order valence-corrected chi connectivity index (χ2v) is 17.6. The Balaban J connectivity index is 0.900. The summed E-state index contributed by atoms with van der Waals surface area (Å²) in [5.74, 6) is 1.49. The largest absolute Gasteiger partial charge is 0.453 e. The van der Waals surface area contributed by atoms with Crippen molar-refractivity contribution in [1.82, 2.24) is 45.4 Å². The summed E-state index contributed by atoms with van der Waals surface area (Å²) >= 11 is 0. The van der Waals surface area contributed by atoms with Gasteiger partial charge in [0.15, 0.2) is 5.65 Å². The minimum absolute atomic E-state index is 0.0628. The highest BCUT2D eigenvalue weighted by atomic mass is 16.5. The van der Waals surface area contributed by atoms with Crippen molar-refractivity contribution in [3.63, 3.8) is 0 Å². The van der Waals surface area contributed by atoms with Gasteiger partial charge in [0.05, 0.1) is 49.4 Å². The van der Waals surface area contributed by atoms with Crippen LogP contribution in [0.4, 0.5) is 9.59 Å². The van der Waals surface area contributed by atoms with Gasteiger partial charge in [-0.25, -0.2) is 24.5 Å². The summed E-state index contributed by atoms with van der Waals surface area (Å²) in [5, 5.41) is 7.86. The summed E-state index contributed by atoms with van der Waals surface area (Å²) < 4.78 is 9.82. The van der Waals surface area contributed by atoms with Crippen LogP contribution in [0.2, 0.25) is 0 Å². The van der Waals surface area contributed by atoms with Crippen LogP contribution in [-0.4, -0.2) is 98.1 Å². The third-order valence-corrected chi connectivity index (χ3v) is 13.8. The van der Waals surface area contributed by atoms with E-state index in [1.807, 2.05) is 28.1 Å². The van der Waals surface area contributed by atoms with E-state index in [1.54, 1.807) is 0 Å². The number of hydrogen-bond donors (Lipinski definition) is 4. The van der Waals surface area contributed by atoms with Crippen molar-refractivity contribution in [1.29, 1.82) is 0 Å². The fourth-order valence-corrected chi connectivity index (χ4v) is 10.5. The number of likely N-dealkylation sites (tertiary alicyclic amines) is 2. The molecule has 9 rings (SSSR count). The van der Waals surface area contributed by atoms with E-state index in [4.69, 9.17) is 24.4 Å². The Bertz CT molecular complexity index is 2430. The number of alkyl carbamates (subject to hydrolysis) is 2. The van der Waals surface area contributed by atoms with Gasteiger partial charge >= 0.3 is 12.2 Å². The smallest absolute Gasteiger partial charge is 0.407 e. The lowest BCUT2D eigenvalue weighted by Gasteiger charge is -2.34. The Hall–Kier alpha value is -5.99. The molecule has 62 heavy (non-hydrogen) atoms. The van der Waals surface area contributed by atoms with E-state index in [1.165, 1.54) is 14.2 Å². The van der Waals surface area contributed by atoms with Gasteiger partial charge in [-0.2, -0.15) is 0 Å². The number of ether oxygens (including phenoxy) is 2. The standard InChI is InChI=1S/C47H57N9O6/c1-61-46(59)52-39(28-11-5-3-6-12-28)44(57)55-23-9-15-37(55)42-48-27-36(51-42)33-20-18-30-25-32(19-17-31(30)26-33)34-21-22-35-41(49-34)54-43(50-35)38-16-10-24-56(38)45(58)40(53-47(60)62-2)29-13-7-4-8-14-29/h17-22,25-29,37-40H,3-16,23-24H2,1-2H3,(H,48,51)(H,52,59)(H,53,60)(H,49,50,54). The van der Waals surface area contributed by atoms with Gasteiger partial charge in [0.1, 0.15) is 23.7 Å². The van der Waals surface area contributed by atoms with Crippen molar-refractivity contribution >= 4 is 45.9 Å². The molecule has 5 aromatic rings. The number of methoxy groups -OCH3 is 2. The predicted octanol–water partition coefficient (Wildman–Crippen LogP) is 8.11. The first kappa shape index (κ1) is 41.4. The molecule has 3 aromatic heterocycles. The predicted molar refractivity (Wildman–Crippen MR) is 234 cm³/mol. The van der Waals surface area contributed by atoms with Crippen molar-refractivity contribution in [2.75, 3.05) is 27.3 Å². The van der Waals surface area contributed by atoms with Crippen molar-refractivity contribution in [2.45, 2.75) is 114 Å². The van der Waals surface area contributed by atoms with Crippen molar-refractivity contribution in [3.8, 4) is 22.5 Å². The highest BCUT2D eigenvalue weighted by Crippen LogP contribution is 2.37. The summed E-state index contributed by atoms with van der Waals surface area (Å²) in [6.45, 7) is 1.22. The normalized spacial score (nSPS) is 20.9. The Morgan fingerprint density at radius 2 is 1.18 bits per heavy atom. The van der Waals surface area contributed by atoms with E-state index < -0.39 is 24.3 Å². The number of rotatable bonds is 10. The lowest BCUT2D eigenvalue weighted by Crippen LogP contribution is -2.52. The second kappa shape index (κ2) is 18.2. The summed E-state index contributed by atoms with van der Waals surface area (Å²) in [6, 6.07) is 14.9. The van der Waals surface area contributed by atoms with Crippen molar-refractivity contribution < 1.29 is 28.7 Å². The summed E-state index contributed by atoms with van der Waals surface area (Å²) in [6.07, 6.45) is 14.1. The van der Waals surface area contributed by atoms with Gasteiger partial charge in [-0.05, 0) is 98.2 Å². The highest BCUT2D eigenvalue weighted by Gasteiger charge is 2.41. The number of aromatic amines is 2. The maximum Gasteiger partial charge on any atom is 0.407 e. The van der Waals surface area contributed by atoms with Gasteiger partial charge < -0.3 is 39.9 Å². The molecule has 4 atom stereocenters. The molecule has 2 aromatic carbocycles. The van der Waals surface area contributed by atoms with Crippen LogP contribution in [0.25, 0.3) is 44.5 Å². The first-order valence-electron chi connectivity index (χ1n) is 22.5. The molecule has 4 aliphatic rings. The maximum atomic E-state index is 14.1. The molecule has 0 radical (unpaired) electrons. The topological polar surface area (TPSA) is 188 Å². The summed E-state index contributed by atoms with van der Waals surface area (Å²) in [7, 11) is 2.66. The molecule has 2 saturated heterocycles. The van der Waals surface area contributed by atoms with Crippen LogP contribution in [-0.2, 0) is 19.1 Å². The molecule has 4 amide bonds. The van der Waals surface area contributed by atoms with Crippen LogP contribution in [0.3, 0.4) is 0 Å². The number of hydrogen-bond acceptors (Lipinski definition) is 9. The quantitative estimate of drug-likeness (QED) is 0.108. The molecular weight excluding hydrogens is 787 g/mol. The number of pyridine rings is 1. The number of carbonyl (C=O) groups is 4. The zero-order chi connectivity index (χ0) is 42.7. The Labute approximate surface area is 361 Å². The van der Waals surface area contributed by atoms with E-state index in [0.29, 0.717) is 24.6 Å². The average molecular weight is 844 g/mol. The average Bonchev–Trinajstić information content (AvgIpc) is 4.16. The molecule has 4 unspecified atom stereocenters. The van der Waals surface area contributed by atoms with Gasteiger partial charge in [-0.15, -0.1) is 0 Å². The third kappa shape index (κ3) is 8.45. The number of H-pyrrole nitrogens is 2. The number of nitrogens with one attached hydrogen (secondary N) is 4. The number of fused-ring (bicyclic) bond motifs is 2. The van der Waals surface area contributed by atoms with Crippen LogP contribution >= 0.6 is 0 Å². The van der Waals surface area contributed by atoms with Crippen LogP contribution in [0.15, 0.2) is 54.7 Å². The molecule has 2 aliphatic carbocycles. The number of imidazole rings is 2. The maximum absolute atomic E-state index is 14.1. The highest BCUT2D eigenvalue weighted by molar-refractivity contribution is 5.91. The Kier molecular flexibility index (Phi) is 12.1. The molecule has 4 fully saturated rings. The lowest BCUT2D eigenvalue weighted by atomic mass is 9.83. The molecule has 2 aliphatic heterocycles. The molecule has 5 heterocycles. The monoisotopic (exact) mass is 843 g/mol. The zero-order valence-corrected chi connectivity index (χ0v) is 35.7. The number of nitrogens with zero attached hydrogens (tertiary/aromatic N) is 5. The third-order valence-electron chi connectivity index (χ3n) is 13.8. The van der Waals surface area contributed by atoms with Crippen molar-refractivity contribution in [2.24, 2.45) is 11.8 Å². The van der Waals surface area contributed by atoms with Crippen molar-refractivity contribution in [3.05, 3.63) is 66.4 Å². The van der Waals surface area contributed by atoms with Gasteiger partial charge in [-0.1, -0.05) is 62.8 Å². The number of amides is 4. The number of carbonyl (C=O) groups excluding carboxylic acids is 4. The Morgan fingerprint density at radius 1 is 0.629 bits per heavy atom. The molecule has 2 saturated carbocycles. The zero-order valence-electron chi connectivity index (χ0n) is 35.7. The number of benzene rings is 2. The minimum Gasteiger partial charge on any atom is -0.453 e. The van der Waals surface area contributed by atoms with E-state index in [0.717, 1.165) is 135 Å². The van der Waals surface area contributed by atoms with Gasteiger partial charge in [0, 0.05) is 24.2 Å². The van der Waals surface area contributed by atoms with Crippen LogP contribution < -0.4 is 10.6 Å². The van der Waals surface area contributed by atoms with Crippen LogP contribution in [0.5, 0.6) is 0 Å².